The highest BCUT2D eigenvalue weighted by Crippen LogP contribution is 2.20. The normalized spacial score (nSPS) is 14.6. The van der Waals surface area contributed by atoms with E-state index in [1.54, 1.807) is 20.0 Å². The van der Waals surface area contributed by atoms with Crippen LogP contribution < -0.4 is 75.7 Å². The van der Waals surface area contributed by atoms with Crippen molar-refractivity contribution in [2.75, 3.05) is 19.7 Å². The largest absolute Gasteiger partial charge is 0.508 e. The van der Waals surface area contributed by atoms with E-state index < -0.39 is 156 Å². The van der Waals surface area contributed by atoms with Gasteiger partial charge < -0.3 is 101 Å². The first-order valence-corrected chi connectivity index (χ1v) is 30.8. The van der Waals surface area contributed by atoms with Crippen molar-refractivity contribution in [1.82, 2.24) is 63.5 Å². The number of nitrogens with zero attached hydrogens (tertiary/aromatic N) is 1. The summed E-state index contributed by atoms with van der Waals surface area (Å²) in [6.07, 6.45) is 1.48. The van der Waals surface area contributed by atoms with Gasteiger partial charge in [0.25, 0.3) is 0 Å². The van der Waals surface area contributed by atoms with E-state index in [1.165, 1.54) is 76.2 Å². The Hall–Kier alpha value is -10.4. The number of carboxylic acid groups (broad SMARTS) is 1. The van der Waals surface area contributed by atoms with E-state index in [4.69, 9.17) is 17.2 Å². The fourth-order valence-electron chi connectivity index (χ4n) is 9.47. The second-order valence-corrected chi connectivity index (χ2v) is 23.8. The second-order valence-electron chi connectivity index (χ2n) is 23.8. The molecule has 32 heteroatoms. The molecule has 0 spiro atoms. The molecule has 0 fully saturated rings. The summed E-state index contributed by atoms with van der Waals surface area (Å²) < 4.78 is 0. The van der Waals surface area contributed by atoms with Crippen molar-refractivity contribution >= 4 is 87.8 Å². The number of amides is 11. The zero-order chi connectivity index (χ0) is 70.8. The fraction of sp³-hybridized carbons (Fsp3) is 0.476. The quantitative estimate of drug-likeness (QED) is 0.0120. The van der Waals surface area contributed by atoms with E-state index in [2.05, 4.69) is 68.5 Å². The van der Waals surface area contributed by atoms with Crippen LogP contribution in [-0.2, 0) is 76.8 Å². The monoisotopic (exact) mass is 1330 g/mol. The molecule has 0 aliphatic rings. The van der Waals surface area contributed by atoms with E-state index >= 15 is 0 Å². The van der Waals surface area contributed by atoms with Crippen LogP contribution in [0.4, 0.5) is 0 Å². The van der Waals surface area contributed by atoms with E-state index in [0.29, 0.717) is 16.7 Å². The number of nitrogens with one attached hydrogen (secondary N) is 12. The highest BCUT2D eigenvalue weighted by atomic mass is 16.4. The number of rotatable bonds is 37. The smallest absolute Gasteiger partial charge is 0.326 e. The van der Waals surface area contributed by atoms with Gasteiger partial charge in [0.15, 0.2) is 5.96 Å². The average Bonchev–Trinajstić information content (AvgIpc) is 1.74. The van der Waals surface area contributed by atoms with Gasteiger partial charge in [-0.2, -0.15) is 0 Å². The summed E-state index contributed by atoms with van der Waals surface area (Å²) in [5.74, 6) is -12.1. The van der Waals surface area contributed by atoms with Gasteiger partial charge in [-0.05, 0) is 106 Å². The Morgan fingerprint density at radius 3 is 1.48 bits per heavy atom. The number of nitrogens with two attached hydrogens (primary N) is 3. The minimum Gasteiger partial charge on any atom is -0.508 e. The molecule has 3 aromatic carbocycles. The predicted octanol–water partition coefficient (Wildman–Crippen LogP) is -3.19. The van der Waals surface area contributed by atoms with Gasteiger partial charge in [-0.1, -0.05) is 70.2 Å². The third-order valence-corrected chi connectivity index (χ3v) is 14.8. The number of fused-ring (bicyclic) bond motifs is 1. The number of carbonyl (C=O) groups excluding carboxylic acids is 11. The minimum atomic E-state index is -1.73. The van der Waals surface area contributed by atoms with E-state index in [-0.39, 0.29) is 68.4 Å². The first kappa shape index (κ1) is 77.1. The Morgan fingerprint density at radius 1 is 0.505 bits per heavy atom. The molecular formula is C63H90N16O16. The number of hydrogen-bond donors (Lipinski definition) is 19. The highest BCUT2D eigenvalue weighted by molar-refractivity contribution is 5.99. The van der Waals surface area contributed by atoms with Crippen LogP contribution >= 0.6 is 0 Å². The number of benzene rings is 3. The van der Waals surface area contributed by atoms with Crippen LogP contribution in [0.2, 0.25) is 0 Å². The summed E-state index contributed by atoms with van der Waals surface area (Å²) in [4.78, 5) is 169. The molecule has 1 aromatic heterocycles. The first-order chi connectivity index (χ1) is 44.8. The third-order valence-electron chi connectivity index (χ3n) is 14.8. The van der Waals surface area contributed by atoms with Crippen molar-refractivity contribution in [3.8, 4) is 11.5 Å². The van der Waals surface area contributed by atoms with Gasteiger partial charge in [0.1, 0.15) is 71.9 Å². The summed E-state index contributed by atoms with van der Waals surface area (Å²) in [5.41, 5.74) is 18.9. The Labute approximate surface area is 548 Å². The molecule has 0 saturated carbocycles. The van der Waals surface area contributed by atoms with Crippen molar-refractivity contribution in [3.05, 3.63) is 95.7 Å². The maximum Gasteiger partial charge on any atom is 0.326 e. The number of aromatic amines is 1. The molecule has 4 aromatic rings. The number of H-pyrrole nitrogens is 1. The van der Waals surface area contributed by atoms with Crippen LogP contribution in [0.5, 0.6) is 11.5 Å². The Morgan fingerprint density at radius 2 is 0.958 bits per heavy atom. The van der Waals surface area contributed by atoms with Crippen LogP contribution in [-0.4, -0.2) is 188 Å². The average molecular weight is 1330 g/mol. The number of aliphatic hydroxyl groups excluding tert-OH is 1. The molecule has 32 nitrogen and oxygen atoms in total. The zero-order valence-corrected chi connectivity index (χ0v) is 54.2. The summed E-state index contributed by atoms with van der Waals surface area (Å²) in [6, 6.07) is 3.76. The molecule has 0 radical (unpaired) electrons. The number of phenolic OH excluding ortho intramolecular Hbond substituents is 2. The molecule has 0 bridgehead atoms. The number of hydrogen-bond acceptors (Lipinski definition) is 17. The van der Waals surface area contributed by atoms with Crippen LogP contribution in [0.3, 0.4) is 0 Å². The fourth-order valence-corrected chi connectivity index (χ4v) is 9.47. The lowest BCUT2D eigenvalue weighted by molar-refractivity contribution is -0.142. The predicted molar refractivity (Wildman–Crippen MR) is 348 cm³/mol. The van der Waals surface area contributed by atoms with Crippen molar-refractivity contribution in [3.63, 3.8) is 0 Å². The molecule has 0 aliphatic heterocycles. The summed E-state index contributed by atoms with van der Waals surface area (Å²) in [7, 11) is 0. The van der Waals surface area contributed by atoms with E-state index in [9.17, 15) is 78.0 Å². The number of aliphatic hydroxyl groups is 1. The molecule has 4 rings (SSSR count). The van der Waals surface area contributed by atoms with Gasteiger partial charge in [0.05, 0.1) is 19.2 Å². The van der Waals surface area contributed by atoms with Gasteiger partial charge >= 0.3 is 5.97 Å². The van der Waals surface area contributed by atoms with Crippen LogP contribution in [0.1, 0.15) is 91.3 Å². The molecular weight excluding hydrogens is 1240 g/mol. The lowest BCUT2D eigenvalue weighted by Gasteiger charge is -2.27. The Kier molecular flexibility index (Phi) is 30.3. The SMILES string of the molecule is CC(C)C[C@H](NC(=O)[C@H](Cc1c[nH]c2ccccc12)NC(=O)[C@H](C)N)C(=O)N[C@@H](C)C(=O)N[C@@H](Cc1ccc(O)cc1)C(=O)N[C@@H](C)C(=O)NCC(=O)N[C@@H](C)C(=O)N[C@H](C(=O)N[C@@H](CO)C(=O)N[C@@H](Cc1ccc(O)cc1)C(=O)N[C@@H](CCCN=C(N)N)C(=O)O)C(C)C. The number of aliphatic imine (C=N–C) groups is 1. The highest BCUT2D eigenvalue weighted by Gasteiger charge is 2.35. The lowest BCUT2D eigenvalue weighted by Crippen LogP contribution is -2.60. The molecule has 95 heavy (non-hydrogen) atoms. The number of carbonyl (C=O) groups is 12. The Bertz CT molecular complexity index is 3350. The Balaban J connectivity index is 1.36. The summed E-state index contributed by atoms with van der Waals surface area (Å²) >= 11 is 0. The van der Waals surface area contributed by atoms with E-state index in [1.807, 2.05) is 38.1 Å². The number of aromatic nitrogens is 1. The number of carboxylic acids is 1. The molecule has 11 atom stereocenters. The van der Waals surface area contributed by atoms with Crippen molar-refractivity contribution in [2.24, 2.45) is 34.0 Å². The standard InChI is InChI=1S/C63H90N16O16/c1-31(2)24-45(76-59(91)48(74-52(84)33(5)64)27-39-28-68-43-13-10-9-12-42(39)43)56(88)72-36(8)54(86)75-46(25-37-15-19-40(81)20-16-37)57(89)71-34(6)53(85)69-29-50(83)70-35(7)55(87)79-51(32(3)4)61(93)78-49(30-80)60(92)77-47(26-38-17-21-41(82)22-18-38)58(90)73-44(62(94)95)14-11-23-67-63(65)66/h9-10,12-13,15-22,28,31-36,44-49,51,68,80-82H,11,14,23-27,29-30,64H2,1-8H3,(H,69,85)(H,70,83)(H,71,89)(H,72,88)(H,73,90)(H,74,84)(H,75,86)(H,76,91)(H,77,92)(H,78,93)(H,79,87)(H,94,95)(H4,65,66,67)/t33-,34-,35-,36-,44-,45-,46-,47-,48-,49-,51-/m0/s1. The van der Waals surface area contributed by atoms with Crippen LogP contribution in [0, 0.1) is 11.8 Å². The zero-order valence-electron chi connectivity index (χ0n) is 54.2. The number of para-hydroxylation sites is 1. The van der Waals surface area contributed by atoms with Crippen LogP contribution in [0.25, 0.3) is 10.9 Å². The van der Waals surface area contributed by atoms with Crippen molar-refractivity contribution < 1.29 is 78.0 Å². The lowest BCUT2D eigenvalue weighted by atomic mass is 10.00. The van der Waals surface area contributed by atoms with Crippen LogP contribution in [0.15, 0.2) is 84.0 Å². The molecule has 1 heterocycles. The molecule has 0 saturated heterocycles. The number of aliphatic carboxylic acids is 1. The summed E-state index contributed by atoms with van der Waals surface area (Å²) in [5, 5.41) is 68.1. The number of phenols is 2. The van der Waals surface area contributed by atoms with Gasteiger partial charge in [0, 0.05) is 42.9 Å². The van der Waals surface area contributed by atoms with Gasteiger partial charge in [-0.3, -0.25) is 57.7 Å². The number of guanidine groups is 1. The van der Waals surface area contributed by atoms with Gasteiger partial charge in [-0.15, -0.1) is 0 Å². The minimum absolute atomic E-state index is 0.0342. The maximum atomic E-state index is 14.0. The second kappa shape index (κ2) is 37.4. The summed E-state index contributed by atoms with van der Waals surface area (Å²) in [6.45, 7) is 10.4. The topological polar surface area (TPSA) is 524 Å². The first-order valence-electron chi connectivity index (χ1n) is 30.8. The third kappa shape index (κ3) is 25.6. The van der Waals surface area contributed by atoms with Gasteiger partial charge in [0.2, 0.25) is 65.0 Å². The maximum absolute atomic E-state index is 14.0. The van der Waals surface area contributed by atoms with Gasteiger partial charge in [-0.25, -0.2) is 4.79 Å². The van der Waals surface area contributed by atoms with Crippen molar-refractivity contribution in [2.45, 2.75) is 160 Å². The molecule has 22 N–H and O–H groups in total. The molecule has 0 aliphatic carbocycles. The molecule has 0 unspecified atom stereocenters. The molecule has 11 amide bonds. The molecule has 518 valence electrons. The van der Waals surface area contributed by atoms with Crippen molar-refractivity contribution in [1.29, 1.82) is 0 Å². The van der Waals surface area contributed by atoms with E-state index in [0.717, 1.165) is 10.9 Å². The number of aromatic hydroxyl groups is 2.